The van der Waals surface area contributed by atoms with E-state index in [9.17, 15) is 24.0 Å². The van der Waals surface area contributed by atoms with Crippen molar-refractivity contribution in [2.45, 2.75) is 31.7 Å². The zero-order valence-corrected chi connectivity index (χ0v) is 29.4. The van der Waals surface area contributed by atoms with Crippen LogP contribution in [0.5, 0.6) is 11.5 Å². The first-order valence-electron chi connectivity index (χ1n) is 16.5. The number of carbonyl (C=O) groups is 5. The molecule has 0 spiro atoms. The third-order valence-corrected chi connectivity index (χ3v) is 8.88. The summed E-state index contributed by atoms with van der Waals surface area (Å²) in [5, 5.41) is 8.22. The number of hydrogen-bond donors (Lipinski definition) is 3. The lowest BCUT2D eigenvalue weighted by Crippen LogP contribution is -2.35. The molecule has 2 aliphatic rings. The number of nitrogens with one attached hydrogen (secondary N) is 3. The molecule has 1 atom stereocenters. The molecule has 4 amide bonds. The number of fused-ring (bicyclic) bond motifs is 2. The molecule has 1 saturated heterocycles. The molecular formula is C35H39N9O8. The first-order chi connectivity index (χ1) is 25.0. The largest absolute Gasteiger partial charge is 0.493 e. The van der Waals surface area contributed by atoms with Crippen molar-refractivity contribution in [1.82, 2.24) is 23.6 Å². The molecule has 5 heterocycles. The normalized spacial score (nSPS) is 14.7. The lowest BCUT2D eigenvalue weighted by molar-refractivity contribution is -0.116. The van der Waals surface area contributed by atoms with Crippen LogP contribution < -0.4 is 25.4 Å². The van der Waals surface area contributed by atoms with Crippen molar-refractivity contribution in [2.75, 3.05) is 43.3 Å². The van der Waals surface area contributed by atoms with E-state index in [1.54, 1.807) is 50.2 Å². The van der Waals surface area contributed by atoms with Gasteiger partial charge in [0.2, 0.25) is 11.7 Å². The number of aliphatic imine (C=N–C) groups is 1. The van der Waals surface area contributed by atoms with Gasteiger partial charge in [0, 0.05) is 58.8 Å². The standard InChI is InChI=1S/C35H39N9O8/c1-41-18-20(12-25(41)32(46)38-21-13-26(35(49)51-5)42(2)19-21)39-33(47)31-37-17-29(43(31)3)40-30(45)9-7-11-52-28-15-24-23(14-27(28)50-4)34(48)44-10-6-8-22(44)16-36-24/h12-19,22H,6-11H2,1-5H3,(H,38,46)(H,39,47)(H,40,45)/t22-/m0/s1. The third-order valence-electron chi connectivity index (χ3n) is 8.88. The number of aromatic nitrogens is 4. The summed E-state index contributed by atoms with van der Waals surface area (Å²) in [6.45, 7) is 0.894. The zero-order chi connectivity index (χ0) is 37.1. The summed E-state index contributed by atoms with van der Waals surface area (Å²) in [5.74, 6) is -0.761. The van der Waals surface area contributed by atoms with Gasteiger partial charge in [-0.05, 0) is 37.5 Å². The number of hydrogen-bond acceptors (Lipinski definition) is 10. The van der Waals surface area contributed by atoms with E-state index >= 15 is 0 Å². The van der Waals surface area contributed by atoms with Crippen molar-refractivity contribution in [3.63, 3.8) is 0 Å². The van der Waals surface area contributed by atoms with Crippen molar-refractivity contribution in [3.05, 3.63) is 65.6 Å². The lowest BCUT2D eigenvalue weighted by atomic mass is 10.1. The van der Waals surface area contributed by atoms with E-state index in [1.807, 2.05) is 11.1 Å². The second-order valence-electron chi connectivity index (χ2n) is 12.4. The predicted molar refractivity (Wildman–Crippen MR) is 190 cm³/mol. The van der Waals surface area contributed by atoms with Crippen molar-refractivity contribution < 1.29 is 38.2 Å². The number of aryl methyl sites for hydroxylation is 2. The Morgan fingerprint density at radius 2 is 1.62 bits per heavy atom. The van der Waals surface area contributed by atoms with Gasteiger partial charge in [0.1, 0.15) is 17.2 Å². The number of ether oxygens (including phenoxy) is 3. The number of anilines is 3. The Morgan fingerprint density at radius 1 is 0.904 bits per heavy atom. The molecule has 17 heteroatoms. The van der Waals surface area contributed by atoms with Crippen LogP contribution in [0.1, 0.15) is 67.6 Å². The monoisotopic (exact) mass is 713 g/mol. The number of amides is 4. The minimum absolute atomic E-state index is 0.0108. The Morgan fingerprint density at radius 3 is 2.35 bits per heavy atom. The van der Waals surface area contributed by atoms with Gasteiger partial charge in [-0.2, -0.15) is 0 Å². The summed E-state index contributed by atoms with van der Waals surface area (Å²) >= 11 is 0. The molecule has 52 heavy (non-hydrogen) atoms. The molecule has 1 fully saturated rings. The third kappa shape index (κ3) is 7.24. The molecule has 1 aromatic carbocycles. The van der Waals surface area contributed by atoms with Crippen LogP contribution in [0.2, 0.25) is 0 Å². The quantitative estimate of drug-likeness (QED) is 0.146. The molecule has 0 radical (unpaired) electrons. The number of benzene rings is 1. The number of carbonyl (C=O) groups excluding carboxylic acids is 5. The van der Waals surface area contributed by atoms with Crippen LogP contribution >= 0.6 is 0 Å². The smallest absolute Gasteiger partial charge is 0.354 e. The Labute approximate surface area is 298 Å². The fourth-order valence-electron chi connectivity index (χ4n) is 6.16. The van der Waals surface area contributed by atoms with Crippen molar-refractivity contribution >= 4 is 58.7 Å². The van der Waals surface area contributed by atoms with Gasteiger partial charge in [0.05, 0.1) is 55.7 Å². The summed E-state index contributed by atoms with van der Waals surface area (Å²) in [4.78, 5) is 74.4. The van der Waals surface area contributed by atoms with Crippen LogP contribution in [0.15, 0.2) is 47.8 Å². The van der Waals surface area contributed by atoms with Gasteiger partial charge in [-0.25, -0.2) is 9.78 Å². The fourth-order valence-corrected chi connectivity index (χ4v) is 6.16. The summed E-state index contributed by atoms with van der Waals surface area (Å²) in [7, 11) is 7.67. The van der Waals surface area contributed by atoms with Crippen LogP contribution in [0, 0.1) is 0 Å². The molecule has 0 aliphatic carbocycles. The van der Waals surface area contributed by atoms with Gasteiger partial charge in [-0.15, -0.1) is 0 Å². The van der Waals surface area contributed by atoms with Crippen LogP contribution in [0.3, 0.4) is 0 Å². The Balaban J connectivity index is 1.00. The number of nitrogens with zero attached hydrogens (tertiary/aromatic N) is 6. The van der Waals surface area contributed by atoms with E-state index in [2.05, 4.69) is 25.9 Å². The molecule has 17 nitrogen and oxygen atoms in total. The molecule has 272 valence electrons. The van der Waals surface area contributed by atoms with Gasteiger partial charge >= 0.3 is 5.97 Å². The highest BCUT2D eigenvalue weighted by Gasteiger charge is 2.32. The van der Waals surface area contributed by atoms with Crippen molar-refractivity contribution in [3.8, 4) is 11.5 Å². The van der Waals surface area contributed by atoms with Gasteiger partial charge in [0.25, 0.3) is 17.7 Å². The SMILES string of the molecule is COC(=O)c1cc(NC(=O)c2cc(NC(=O)c3ncc(NC(=O)CCCOc4cc5c(cc4OC)C(=O)N4CCC[C@H]4C=N5)n3C)cn2C)cn1C. The van der Waals surface area contributed by atoms with Gasteiger partial charge in [-0.3, -0.25) is 24.2 Å². The first kappa shape index (κ1) is 35.4. The van der Waals surface area contributed by atoms with E-state index in [-0.39, 0.29) is 48.1 Å². The minimum atomic E-state index is -0.555. The van der Waals surface area contributed by atoms with Crippen LogP contribution in [-0.2, 0) is 30.7 Å². The minimum Gasteiger partial charge on any atom is -0.493 e. The highest BCUT2D eigenvalue weighted by molar-refractivity contribution is 6.07. The maximum atomic E-state index is 13.1. The highest BCUT2D eigenvalue weighted by Crippen LogP contribution is 2.38. The fraction of sp³-hybridized carbons (Fsp3) is 0.343. The van der Waals surface area contributed by atoms with Gasteiger partial charge in [0.15, 0.2) is 11.5 Å². The molecule has 0 unspecified atom stereocenters. The van der Waals surface area contributed by atoms with Crippen LogP contribution in [-0.4, -0.2) is 92.8 Å². The van der Waals surface area contributed by atoms with E-state index in [4.69, 9.17) is 14.2 Å². The number of imidazole rings is 1. The summed E-state index contributed by atoms with van der Waals surface area (Å²) in [6, 6.07) is 6.32. The van der Waals surface area contributed by atoms with Crippen LogP contribution in [0.4, 0.5) is 22.9 Å². The number of esters is 1. The molecule has 3 N–H and O–H groups in total. The van der Waals surface area contributed by atoms with Gasteiger partial charge < -0.3 is 48.8 Å². The van der Waals surface area contributed by atoms with E-state index in [1.165, 1.54) is 41.7 Å². The zero-order valence-electron chi connectivity index (χ0n) is 29.4. The Bertz CT molecular complexity index is 2090. The second-order valence-corrected chi connectivity index (χ2v) is 12.4. The number of methoxy groups -OCH3 is 2. The lowest BCUT2D eigenvalue weighted by Gasteiger charge is -2.20. The van der Waals surface area contributed by atoms with E-state index < -0.39 is 17.8 Å². The number of rotatable bonds is 12. The average molecular weight is 714 g/mol. The molecule has 0 saturated carbocycles. The van der Waals surface area contributed by atoms with Crippen LogP contribution in [0.25, 0.3) is 0 Å². The molecule has 3 aromatic heterocycles. The average Bonchev–Trinajstić information content (AvgIpc) is 3.90. The maximum absolute atomic E-state index is 13.1. The van der Waals surface area contributed by atoms with Crippen molar-refractivity contribution in [1.29, 1.82) is 0 Å². The maximum Gasteiger partial charge on any atom is 0.354 e. The molecule has 2 aliphatic heterocycles. The highest BCUT2D eigenvalue weighted by atomic mass is 16.5. The van der Waals surface area contributed by atoms with E-state index in [0.29, 0.717) is 52.9 Å². The molecule has 6 rings (SSSR count). The second kappa shape index (κ2) is 14.8. The molecular weight excluding hydrogens is 674 g/mol. The van der Waals surface area contributed by atoms with E-state index in [0.717, 1.165) is 12.8 Å². The predicted octanol–water partition coefficient (Wildman–Crippen LogP) is 3.52. The topological polar surface area (TPSA) is 192 Å². The summed E-state index contributed by atoms with van der Waals surface area (Å²) in [6.07, 6.45) is 8.66. The summed E-state index contributed by atoms with van der Waals surface area (Å²) < 4.78 is 20.7. The first-order valence-corrected chi connectivity index (χ1v) is 16.5. The van der Waals surface area contributed by atoms with Gasteiger partial charge in [-0.1, -0.05) is 0 Å². The molecule has 0 bridgehead atoms. The Kier molecular flexibility index (Phi) is 10.1. The summed E-state index contributed by atoms with van der Waals surface area (Å²) in [5.41, 5.74) is 2.24. The Hall–Kier alpha value is -6.39. The van der Waals surface area contributed by atoms with Crippen molar-refractivity contribution in [2.24, 2.45) is 26.1 Å². The molecule has 4 aromatic rings.